The molecule has 0 spiro atoms. The molecule has 0 radical (unpaired) electrons. The van der Waals surface area contributed by atoms with Crippen LogP contribution in [0.25, 0.3) is 0 Å². The average molecular weight is 199 g/mol. The lowest BCUT2D eigenvalue weighted by atomic mass is 9.85. The topological polar surface area (TPSA) is 32.3 Å². The van der Waals surface area contributed by atoms with Crippen LogP contribution in [0.2, 0.25) is 0 Å². The van der Waals surface area contributed by atoms with Crippen molar-refractivity contribution >= 4 is 0 Å². The van der Waals surface area contributed by atoms with Gasteiger partial charge in [0.05, 0.1) is 6.61 Å². The van der Waals surface area contributed by atoms with E-state index in [-0.39, 0.29) is 5.54 Å². The molecule has 14 heavy (non-hydrogen) atoms. The van der Waals surface area contributed by atoms with Crippen molar-refractivity contribution in [2.45, 2.75) is 52.0 Å². The molecule has 0 aromatic rings. The van der Waals surface area contributed by atoms with Crippen molar-refractivity contribution in [2.24, 2.45) is 11.8 Å². The Hall–Kier alpha value is -0.0800. The SMILES string of the molecule is CCC1CCCC1(CO)NCC(C)C. The first kappa shape index (κ1) is 12.0. The lowest BCUT2D eigenvalue weighted by molar-refractivity contribution is 0.118. The van der Waals surface area contributed by atoms with Gasteiger partial charge in [0, 0.05) is 5.54 Å². The van der Waals surface area contributed by atoms with Crippen molar-refractivity contribution in [1.29, 1.82) is 0 Å². The number of hydrogen-bond acceptors (Lipinski definition) is 2. The molecule has 2 heteroatoms. The maximum atomic E-state index is 9.57. The number of nitrogens with one attached hydrogen (secondary N) is 1. The summed E-state index contributed by atoms with van der Waals surface area (Å²) in [6.07, 6.45) is 4.88. The van der Waals surface area contributed by atoms with E-state index in [1.54, 1.807) is 0 Å². The van der Waals surface area contributed by atoms with Crippen LogP contribution >= 0.6 is 0 Å². The second kappa shape index (κ2) is 5.13. The van der Waals surface area contributed by atoms with E-state index in [0.29, 0.717) is 18.4 Å². The van der Waals surface area contributed by atoms with E-state index in [2.05, 4.69) is 26.1 Å². The molecule has 2 unspecified atom stereocenters. The van der Waals surface area contributed by atoms with Gasteiger partial charge < -0.3 is 10.4 Å². The van der Waals surface area contributed by atoms with Crippen molar-refractivity contribution in [2.75, 3.05) is 13.2 Å². The zero-order chi connectivity index (χ0) is 10.6. The van der Waals surface area contributed by atoms with Gasteiger partial charge in [-0.25, -0.2) is 0 Å². The summed E-state index contributed by atoms with van der Waals surface area (Å²) in [6.45, 7) is 7.99. The number of aliphatic hydroxyl groups excluding tert-OH is 1. The molecule has 1 fully saturated rings. The van der Waals surface area contributed by atoms with Crippen LogP contribution in [0.1, 0.15) is 46.5 Å². The first-order valence-electron chi connectivity index (χ1n) is 6.00. The molecular weight excluding hydrogens is 174 g/mol. The quantitative estimate of drug-likeness (QED) is 0.711. The molecule has 2 atom stereocenters. The Bertz CT molecular complexity index is 170. The summed E-state index contributed by atoms with van der Waals surface area (Å²) in [5.74, 6) is 1.34. The highest BCUT2D eigenvalue weighted by Gasteiger charge is 2.40. The minimum Gasteiger partial charge on any atom is -0.394 e. The molecule has 0 aromatic carbocycles. The molecule has 1 aliphatic rings. The monoisotopic (exact) mass is 199 g/mol. The van der Waals surface area contributed by atoms with E-state index in [1.807, 2.05) is 0 Å². The number of rotatable bonds is 5. The van der Waals surface area contributed by atoms with Gasteiger partial charge in [0.1, 0.15) is 0 Å². The Balaban J connectivity index is 2.55. The van der Waals surface area contributed by atoms with E-state index < -0.39 is 0 Å². The number of aliphatic hydroxyl groups is 1. The lowest BCUT2D eigenvalue weighted by Gasteiger charge is -2.35. The Labute approximate surface area is 88.1 Å². The molecule has 0 heterocycles. The standard InChI is InChI=1S/C12H25NO/c1-4-11-6-5-7-12(11,9-14)13-8-10(2)3/h10-11,13-14H,4-9H2,1-3H3. The third kappa shape index (κ3) is 2.48. The van der Waals surface area contributed by atoms with Crippen LogP contribution in [0.3, 0.4) is 0 Å². The predicted molar refractivity (Wildman–Crippen MR) is 60.3 cm³/mol. The average Bonchev–Trinajstić information content (AvgIpc) is 2.58. The molecule has 1 rings (SSSR count). The summed E-state index contributed by atoms with van der Waals surface area (Å²) < 4.78 is 0. The van der Waals surface area contributed by atoms with E-state index in [1.165, 1.54) is 19.3 Å². The van der Waals surface area contributed by atoms with Gasteiger partial charge in [-0.3, -0.25) is 0 Å². The van der Waals surface area contributed by atoms with Gasteiger partial charge in [-0.05, 0) is 31.2 Å². The fourth-order valence-electron chi connectivity index (χ4n) is 2.64. The fraction of sp³-hybridized carbons (Fsp3) is 1.00. The third-order valence-corrected chi connectivity index (χ3v) is 3.59. The predicted octanol–water partition coefficient (Wildman–Crippen LogP) is 2.17. The summed E-state index contributed by atoms with van der Waals surface area (Å²) >= 11 is 0. The van der Waals surface area contributed by atoms with Gasteiger partial charge in [-0.2, -0.15) is 0 Å². The number of hydrogen-bond donors (Lipinski definition) is 2. The normalized spacial score (nSPS) is 32.8. The van der Waals surface area contributed by atoms with Gasteiger partial charge in [-0.1, -0.05) is 33.6 Å². The van der Waals surface area contributed by atoms with E-state index >= 15 is 0 Å². The summed E-state index contributed by atoms with van der Waals surface area (Å²) in [6, 6.07) is 0. The second-order valence-corrected chi connectivity index (χ2v) is 5.09. The first-order chi connectivity index (χ1) is 6.64. The molecule has 0 bridgehead atoms. The van der Waals surface area contributed by atoms with Gasteiger partial charge in [-0.15, -0.1) is 0 Å². The maximum absolute atomic E-state index is 9.57. The van der Waals surface area contributed by atoms with E-state index in [0.717, 1.165) is 13.0 Å². The highest BCUT2D eigenvalue weighted by Crippen LogP contribution is 2.37. The zero-order valence-corrected chi connectivity index (χ0v) is 9.84. The van der Waals surface area contributed by atoms with Crippen LogP contribution in [0, 0.1) is 11.8 Å². The van der Waals surface area contributed by atoms with E-state index in [4.69, 9.17) is 0 Å². The zero-order valence-electron chi connectivity index (χ0n) is 9.84. The van der Waals surface area contributed by atoms with Gasteiger partial charge in [0.25, 0.3) is 0 Å². The highest BCUT2D eigenvalue weighted by molar-refractivity contribution is 4.98. The third-order valence-electron chi connectivity index (χ3n) is 3.59. The van der Waals surface area contributed by atoms with Crippen molar-refractivity contribution in [3.8, 4) is 0 Å². The lowest BCUT2D eigenvalue weighted by Crippen LogP contribution is -2.52. The van der Waals surface area contributed by atoms with Gasteiger partial charge in [0.2, 0.25) is 0 Å². The van der Waals surface area contributed by atoms with E-state index in [9.17, 15) is 5.11 Å². The second-order valence-electron chi connectivity index (χ2n) is 5.09. The first-order valence-corrected chi connectivity index (χ1v) is 6.00. The molecule has 1 aliphatic carbocycles. The Morgan fingerprint density at radius 3 is 2.71 bits per heavy atom. The molecule has 0 saturated heterocycles. The van der Waals surface area contributed by atoms with Crippen molar-refractivity contribution in [3.63, 3.8) is 0 Å². The molecule has 1 saturated carbocycles. The minimum absolute atomic E-state index is 0.0407. The van der Waals surface area contributed by atoms with Crippen molar-refractivity contribution in [1.82, 2.24) is 5.32 Å². The molecule has 2 N–H and O–H groups in total. The Morgan fingerprint density at radius 1 is 1.50 bits per heavy atom. The molecule has 2 nitrogen and oxygen atoms in total. The van der Waals surface area contributed by atoms with Crippen molar-refractivity contribution in [3.05, 3.63) is 0 Å². The van der Waals surface area contributed by atoms with Crippen LogP contribution in [-0.4, -0.2) is 23.8 Å². The summed E-state index contributed by atoms with van der Waals surface area (Å²) in [4.78, 5) is 0. The molecule has 0 aromatic heterocycles. The highest BCUT2D eigenvalue weighted by atomic mass is 16.3. The van der Waals surface area contributed by atoms with Gasteiger partial charge in [0.15, 0.2) is 0 Å². The Morgan fingerprint density at radius 2 is 2.21 bits per heavy atom. The summed E-state index contributed by atoms with van der Waals surface area (Å²) in [5.41, 5.74) is 0.0407. The molecule has 84 valence electrons. The van der Waals surface area contributed by atoms with Crippen LogP contribution in [0.4, 0.5) is 0 Å². The smallest absolute Gasteiger partial charge is 0.0616 e. The molecule has 0 aliphatic heterocycles. The Kier molecular flexibility index (Phi) is 4.39. The fourth-order valence-corrected chi connectivity index (χ4v) is 2.64. The van der Waals surface area contributed by atoms with Crippen LogP contribution in [0.15, 0.2) is 0 Å². The van der Waals surface area contributed by atoms with Gasteiger partial charge >= 0.3 is 0 Å². The minimum atomic E-state index is 0.0407. The van der Waals surface area contributed by atoms with Crippen molar-refractivity contribution < 1.29 is 5.11 Å². The summed E-state index contributed by atoms with van der Waals surface area (Å²) in [5, 5.41) is 13.2. The van der Waals surface area contributed by atoms with Crippen LogP contribution in [0.5, 0.6) is 0 Å². The van der Waals surface area contributed by atoms with Crippen LogP contribution < -0.4 is 5.32 Å². The molecular formula is C12H25NO. The largest absolute Gasteiger partial charge is 0.394 e. The maximum Gasteiger partial charge on any atom is 0.0616 e. The summed E-state index contributed by atoms with van der Waals surface area (Å²) in [7, 11) is 0. The molecule has 0 amide bonds. The van der Waals surface area contributed by atoms with Crippen LogP contribution in [-0.2, 0) is 0 Å².